The molecule has 0 spiro atoms. The van der Waals surface area contributed by atoms with E-state index in [1.165, 1.54) is 12.1 Å². The molecule has 2 aliphatic heterocycles. The van der Waals surface area contributed by atoms with Crippen LogP contribution in [-0.4, -0.2) is 56.2 Å². The van der Waals surface area contributed by atoms with E-state index in [0.29, 0.717) is 38.2 Å². The van der Waals surface area contributed by atoms with Crippen molar-refractivity contribution < 1.29 is 32.3 Å². The molecule has 0 N–H and O–H groups in total. The fourth-order valence-corrected chi connectivity index (χ4v) is 6.70. The van der Waals surface area contributed by atoms with Gasteiger partial charge in [-0.25, -0.2) is 12.7 Å². The number of hydrogen-bond acceptors (Lipinski definition) is 8. The predicted molar refractivity (Wildman–Crippen MR) is 135 cm³/mol. The molecular weight excluding hydrogens is 500 g/mol. The lowest BCUT2D eigenvalue weighted by Crippen LogP contribution is -2.50. The number of methoxy groups -OCH3 is 1. The van der Waals surface area contributed by atoms with Crippen molar-refractivity contribution >= 4 is 21.6 Å². The molecule has 1 amide bonds. The van der Waals surface area contributed by atoms with E-state index in [-0.39, 0.29) is 29.2 Å². The monoisotopic (exact) mass is 532 g/mol. The van der Waals surface area contributed by atoms with Crippen molar-refractivity contribution in [3.8, 4) is 5.75 Å². The Balaban J connectivity index is 1.66. The minimum Gasteiger partial charge on any atom is -0.497 e. The highest BCUT2D eigenvalue weighted by Crippen LogP contribution is 2.38. The minimum absolute atomic E-state index is 0.111. The van der Waals surface area contributed by atoms with E-state index in [9.17, 15) is 23.3 Å². The summed E-state index contributed by atoms with van der Waals surface area (Å²) < 4.78 is 45.5. The zero-order valence-electron chi connectivity index (χ0n) is 20.8. The van der Waals surface area contributed by atoms with Crippen LogP contribution >= 0.6 is 0 Å². The number of non-ortho nitro benzene ring substituents is 1. The Kier molecular flexibility index (Phi) is 8.78. The maximum absolute atomic E-state index is 13.7. The van der Waals surface area contributed by atoms with Crippen molar-refractivity contribution in [2.24, 2.45) is 0 Å². The van der Waals surface area contributed by atoms with Gasteiger partial charge in [0.25, 0.3) is 15.7 Å². The second-order valence-electron chi connectivity index (χ2n) is 9.24. The first-order valence-electron chi connectivity index (χ1n) is 12.5. The second-order valence-corrected chi connectivity index (χ2v) is 11.1. The van der Waals surface area contributed by atoms with Gasteiger partial charge in [0.15, 0.2) is 6.29 Å². The molecule has 2 heterocycles. The van der Waals surface area contributed by atoms with Crippen molar-refractivity contribution in [1.29, 1.82) is 0 Å². The first kappa shape index (κ1) is 27.0. The number of carbonyl (C=O) groups excluding carboxylic acids is 1. The van der Waals surface area contributed by atoms with Crippen LogP contribution in [0.15, 0.2) is 53.4 Å². The van der Waals surface area contributed by atoms with Crippen LogP contribution in [0.2, 0.25) is 0 Å². The van der Waals surface area contributed by atoms with E-state index in [1.807, 2.05) is 24.3 Å². The van der Waals surface area contributed by atoms with Crippen molar-refractivity contribution in [3.05, 3.63) is 64.2 Å². The van der Waals surface area contributed by atoms with Crippen molar-refractivity contribution in [2.45, 2.75) is 68.1 Å². The number of benzene rings is 2. The molecule has 2 aromatic carbocycles. The average Bonchev–Trinajstić information content (AvgIpc) is 2.91. The molecule has 37 heavy (non-hydrogen) atoms. The smallest absolute Gasteiger partial charge is 0.269 e. The summed E-state index contributed by atoms with van der Waals surface area (Å²) in [4.78, 5) is 23.4. The van der Waals surface area contributed by atoms with Crippen molar-refractivity contribution in [2.75, 3.05) is 20.3 Å². The van der Waals surface area contributed by atoms with Crippen molar-refractivity contribution in [1.82, 2.24) is 4.31 Å². The number of piperidine rings is 1. The molecule has 10 nitrogen and oxygen atoms in total. The molecule has 200 valence electrons. The SMILES string of the molecule is COc1cccc([C@H](CCOC2CCCCO2)[C@H]2CCCC(=O)N2S(=O)(=O)c2ccc([N+](=O)[O-])cc2)c1. The van der Waals surface area contributed by atoms with Crippen LogP contribution in [0.1, 0.15) is 56.4 Å². The number of nitro benzene ring substituents is 1. The predicted octanol–water partition coefficient (Wildman–Crippen LogP) is 4.39. The van der Waals surface area contributed by atoms with Gasteiger partial charge in [-0.3, -0.25) is 14.9 Å². The molecule has 3 atom stereocenters. The van der Waals surface area contributed by atoms with E-state index in [2.05, 4.69) is 0 Å². The highest BCUT2D eigenvalue weighted by Gasteiger charge is 2.42. The van der Waals surface area contributed by atoms with Crippen LogP contribution in [0.25, 0.3) is 0 Å². The van der Waals surface area contributed by atoms with Crippen LogP contribution in [0.5, 0.6) is 5.75 Å². The zero-order chi connectivity index (χ0) is 26.4. The molecule has 1 unspecified atom stereocenters. The van der Waals surface area contributed by atoms with Crippen LogP contribution in [-0.2, 0) is 24.3 Å². The molecule has 0 bridgehead atoms. The summed E-state index contributed by atoms with van der Waals surface area (Å²) in [5.41, 5.74) is 0.618. The normalized spacial score (nSPS) is 21.4. The van der Waals surface area contributed by atoms with Gasteiger partial charge in [-0.05, 0) is 68.4 Å². The first-order chi connectivity index (χ1) is 17.8. The number of nitro groups is 1. The fourth-order valence-electron chi connectivity index (χ4n) is 5.03. The largest absolute Gasteiger partial charge is 0.497 e. The number of sulfonamides is 1. The summed E-state index contributed by atoms with van der Waals surface area (Å²) in [5.74, 6) is -0.208. The number of rotatable bonds is 10. The number of ether oxygens (including phenoxy) is 3. The van der Waals surface area contributed by atoms with E-state index in [0.717, 1.165) is 41.3 Å². The van der Waals surface area contributed by atoms with E-state index in [1.54, 1.807) is 7.11 Å². The van der Waals surface area contributed by atoms with Gasteiger partial charge in [0, 0.05) is 31.1 Å². The van der Waals surface area contributed by atoms with Gasteiger partial charge < -0.3 is 14.2 Å². The molecule has 0 saturated carbocycles. The van der Waals surface area contributed by atoms with E-state index < -0.39 is 26.9 Å². The lowest BCUT2D eigenvalue weighted by atomic mass is 9.84. The van der Waals surface area contributed by atoms with Gasteiger partial charge in [0.1, 0.15) is 5.75 Å². The molecule has 0 aromatic heterocycles. The Hall–Kier alpha value is -3.02. The standard InChI is InChI=1S/C26H32N2O8S/c1-34-21-7-4-6-19(18-21)23(15-17-36-26-10-2-3-16-35-26)24-8-5-9-25(29)27(24)37(32,33)22-13-11-20(12-14-22)28(30)31/h4,6-7,11-14,18,23-24,26H,2-3,5,8-10,15-17H2,1H3/t23-,24+,26?/m0/s1. The minimum atomic E-state index is -4.25. The molecule has 0 radical (unpaired) electrons. The summed E-state index contributed by atoms with van der Waals surface area (Å²) in [6, 6.07) is 11.4. The van der Waals surface area contributed by atoms with Gasteiger partial charge >= 0.3 is 0 Å². The number of amides is 1. The third-order valence-electron chi connectivity index (χ3n) is 6.90. The van der Waals surface area contributed by atoms with Crippen LogP contribution < -0.4 is 4.74 Å². The molecule has 2 saturated heterocycles. The Bertz CT molecular complexity index is 1200. The average molecular weight is 533 g/mol. The number of carbonyl (C=O) groups is 1. The lowest BCUT2D eigenvalue weighted by molar-refractivity contribution is -0.384. The van der Waals surface area contributed by atoms with Crippen LogP contribution in [0, 0.1) is 10.1 Å². The summed E-state index contributed by atoms with van der Waals surface area (Å²) in [7, 11) is -2.69. The third kappa shape index (κ3) is 6.28. The van der Waals surface area contributed by atoms with Crippen LogP contribution in [0.3, 0.4) is 0 Å². The Morgan fingerprint density at radius 3 is 2.59 bits per heavy atom. The van der Waals surface area contributed by atoms with E-state index in [4.69, 9.17) is 14.2 Å². The second kappa shape index (κ2) is 12.0. The topological polar surface area (TPSA) is 125 Å². The molecule has 11 heteroatoms. The lowest BCUT2D eigenvalue weighted by Gasteiger charge is -2.40. The van der Waals surface area contributed by atoms with E-state index >= 15 is 0 Å². The van der Waals surface area contributed by atoms with Crippen LogP contribution in [0.4, 0.5) is 5.69 Å². The summed E-state index contributed by atoms with van der Waals surface area (Å²) >= 11 is 0. The highest BCUT2D eigenvalue weighted by molar-refractivity contribution is 7.89. The summed E-state index contributed by atoms with van der Waals surface area (Å²) in [6.07, 6.45) is 4.19. The quantitative estimate of drug-likeness (QED) is 0.326. The summed E-state index contributed by atoms with van der Waals surface area (Å²) in [6.45, 7) is 0.991. The highest BCUT2D eigenvalue weighted by atomic mass is 32.2. The molecule has 2 aromatic rings. The zero-order valence-corrected chi connectivity index (χ0v) is 21.6. The van der Waals surface area contributed by atoms with Gasteiger partial charge in [-0.15, -0.1) is 0 Å². The summed E-state index contributed by atoms with van der Waals surface area (Å²) in [5, 5.41) is 11.0. The third-order valence-corrected chi connectivity index (χ3v) is 8.76. The van der Waals surface area contributed by atoms with Gasteiger partial charge in [0.2, 0.25) is 5.91 Å². The van der Waals surface area contributed by atoms with Gasteiger partial charge in [-0.1, -0.05) is 12.1 Å². The first-order valence-corrected chi connectivity index (χ1v) is 13.9. The maximum atomic E-state index is 13.7. The maximum Gasteiger partial charge on any atom is 0.269 e. The molecule has 0 aliphatic carbocycles. The Morgan fingerprint density at radius 2 is 1.92 bits per heavy atom. The van der Waals surface area contributed by atoms with Crippen molar-refractivity contribution in [3.63, 3.8) is 0 Å². The Morgan fingerprint density at radius 1 is 1.14 bits per heavy atom. The van der Waals surface area contributed by atoms with Gasteiger partial charge in [-0.2, -0.15) is 0 Å². The van der Waals surface area contributed by atoms with Gasteiger partial charge in [0.05, 0.1) is 29.6 Å². The fraction of sp³-hybridized carbons (Fsp3) is 0.500. The molecule has 2 fully saturated rings. The molecule has 4 rings (SSSR count). The number of nitrogens with zero attached hydrogens (tertiary/aromatic N) is 2. The molecule has 2 aliphatic rings. The number of hydrogen-bond donors (Lipinski definition) is 0. The Labute approximate surface area is 216 Å². The molecular formula is C26H32N2O8S.